The van der Waals surface area contributed by atoms with Gasteiger partial charge in [0, 0.05) is 12.6 Å². The second-order valence-electron chi connectivity index (χ2n) is 6.00. The van der Waals surface area contributed by atoms with Crippen LogP contribution in [0.25, 0.3) is 0 Å². The first-order valence-electron chi connectivity index (χ1n) is 6.87. The molecule has 0 radical (unpaired) electrons. The Bertz CT molecular complexity index is 582. The Balaban J connectivity index is 2.14. The minimum Gasteiger partial charge on any atom is -0.458 e. The van der Waals surface area contributed by atoms with E-state index < -0.39 is 17.6 Å². The van der Waals surface area contributed by atoms with Crippen molar-refractivity contribution >= 4 is 11.9 Å². The van der Waals surface area contributed by atoms with Gasteiger partial charge in [-0.1, -0.05) is 0 Å². The smallest absolute Gasteiger partial charge is 0.329 e. The molecule has 1 saturated heterocycles. The standard InChI is InChI=1S/C14H19N3O4/c1-14(2,3)21-13(20)10-5-4-8-17(10)12(19)9-6-7-11(18)16-15-9/h6-7,10H,4-5,8H2,1-3H3,(H,16,18)/t10-/m1/s1. The van der Waals surface area contributed by atoms with Crippen LogP contribution in [0.3, 0.4) is 0 Å². The third kappa shape index (κ3) is 3.68. The predicted octanol–water partition coefficient (Wildman–Crippen LogP) is 0.716. The summed E-state index contributed by atoms with van der Waals surface area (Å²) in [5.74, 6) is -0.780. The number of aromatic nitrogens is 2. The van der Waals surface area contributed by atoms with Crippen LogP contribution in [0.2, 0.25) is 0 Å². The number of aromatic amines is 1. The Hall–Kier alpha value is -2.18. The fraction of sp³-hybridized carbons (Fsp3) is 0.571. The van der Waals surface area contributed by atoms with E-state index in [1.807, 2.05) is 0 Å². The lowest BCUT2D eigenvalue weighted by Crippen LogP contribution is -2.44. The summed E-state index contributed by atoms with van der Waals surface area (Å²) in [5, 5.41) is 5.93. The molecule has 0 aliphatic carbocycles. The lowest BCUT2D eigenvalue weighted by Gasteiger charge is -2.27. The van der Waals surface area contributed by atoms with Crippen LogP contribution in [0, 0.1) is 0 Å². The zero-order valence-corrected chi connectivity index (χ0v) is 12.4. The molecule has 1 amide bonds. The lowest BCUT2D eigenvalue weighted by atomic mass is 10.1. The number of hydrogen-bond donors (Lipinski definition) is 1. The maximum Gasteiger partial charge on any atom is 0.329 e. The summed E-state index contributed by atoms with van der Waals surface area (Å²) in [5.41, 5.74) is -0.855. The van der Waals surface area contributed by atoms with Crippen LogP contribution in [0.15, 0.2) is 16.9 Å². The van der Waals surface area contributed by atoms with E-state index in [0.717, 1.165) is 6.42 Å². The van der Waals surface area contributed by atoms with Crippen LogP contribution in [-0.2, 0) is 9.53 Å². The molecule has 1 aliphatic rings. The van der Waals surface area contributed by atoms with Crippen LogP contribution in [-0.4, -0.2) is 45.2 Å². The number of ether oxygens (including phenoxy) is 1. The highest BCUT2D eigenvalue weighted by atomic mass is 16.6. The summed E-state index contributed by atoms with van der Waals surface area (Å²) < 4.78 is 5.35. The molecule has 1 fully saturated rings. The topological polar surface area (TPSA) is 92.4 Å². The molecule has 7 heteroatoms. The Morgan fingerprint density at radius 2 is 2.10 bits per heavy atom. The zero-order chi connectivity index (χ0) is 15.6. The van der Waals surface area contributed by atoms with Gasteiger partial charge in [0.2, 0.25) is 0 Å². The van der Waals surface area contributed by atoms with Crippen molar-refractivity contribution < 1.29 is 14.3 Å². The predicted molar refractivity (Wildman–Crippen MR) is 74.8 cm³/mol. The molecule has 1 aromatic heterocycles. The number of carbonyl (C=O) groups excluding carboxylic acids is 2. The van der Waals surface area contributed by atoms with Crippen molar-refractivity contribution in [3.8, 4) is 0 Å². The van der Waals surface area contributed by atoms with Gasteiger partial charge in [-0.3, -0.25) is 9.59 Å². The minimum atomic E-state index is -0.593. The van der Waals surface area contributed by atoms with Gasteiger partial charge in [0.25, 0.3) is 11.5 Å². The van der Waals surface area contributed by atoms with E-state index in [1.165, 1.54) is 17.0 Å². The van der Waals surface area contributed by atoms with Crippen molar-refractivity contribution in [2.45, 2.75) is 45.3 Å². The highest BCUT2D eigenvalue weighted by Crippen LogP contribution is 2.22. The lowest BCUT2D eigenvalue weighted by molar-refractivity contribution is -0.159. The molecule has 0 spiro atoms. The van der Waals surface area contributed by atoms with Gasteiger partial charge >= 0.3 is 5.97 Å². The van der Waals surface area contributed by atoms with Gasteiger partial charge < -0.3 is 9.64 Å². The van der Waals surface area contributed by atoms with Crippen molar-refractivity contribution in [1.82, 2.24) is 15.1 Å². The largest absolute Gasteiger partial charge is 0.458 e. The van der Waals surface area contributed by atoms with Gasteiger partial charge in [-0.25, -0.2) is 9.89 Å². The second kappa shape index (κ2) is 5.67. The van der Waals surface area contributed by atoms with Crippen LogP contribution in [0.5, 0.6) is 0 Å². The van der Waals surface area contributed by atoms with Gasteiger partial charge in [-0.15, -0.1) is 0 Å². The average molecular weight is 293 g/mol. The van der Waals surface area contributed by atoms with Crippen LogP contribution in [0.1, 0.15) is 44.1 Å². The Morgan fingerprint density at radius 1 is 1.38 bits per heavy atom. The number of rotatable bonds is 2. The molecule has 7 nitrogen and oxygen atoms in total. The van der Waals surface area contributed by atoms with E-state index in [9.17, 15) is 14.4 Å². The first kappa shape index (κ1) is 15.2. The zero-order valence-electron chi connectivity index (χ0n) is 12.4. The fourth-order valence-electron chi connectivity index (χ4n) is 2.24. The normalized spacial score (nSPS) is 18.6. The number of nitrogens with one attached hydrogen (secondary N) is 1. The van der Waals surface area contributed by atoms with Gasteiger partial charge in [0.1, 0.15) is 17.3 Å². The number of esters is 1. The molecule has 0 unspecified atom stereocenters. The number of likely N-dealkylation sites (tertiary alicyclic amines) is 1. The molecule has 1 N–H and O–H groups in total. The minimum absolute atomic E-state index is 0.116. The van der Waals surface area contributed by atoms with Gasteiger partial charge in [-0.05, 0) is 39.7 Å². The molecule has 114 valence electrons. The molecule has 1 atom stereocenters. The first-order chi connectivity index (χ1) is 9.78. The van der Waals surface area contributed by atoms with Gasteiger partial charge in [0.15, 0.2) is 0 Å². The Kier molecular flexibility index (Phi) is 4.11. The molecule has 2 rings (SSSR count). The number of amides is 1. The highest BCUT2D eigenvalue weighted by Gasteiger charge is 2.37. The van der Waals surface area contributed by atoms with Gasteiger partial charge in [0.05, 0.1) is 0 Å². The SMILES string of the molecule is CC(C)(C)OC(=O)[C@H]1CCCN1C(=O)c1ccc(=O)[nH]n1. The molecule has 0 saturated carbocycles. The molecular formula is C14H19N3O4. The van der Waals surface area contributed by atoms with E-state index in [0.29, 0.717) is 13.0 Å². The third-order valence-electron chi connectivity index (χ3n) is 3.09. The molecule has 1 aliphatic heterocycles. The number of hydrogen-bond acceptors (Lipinski definition) is 5. The van der Waals surface area contributed by atoms with E-state index in [2.05, 4.69) is 10.2 Å². The molecule has 1 aromatic rings. The summed E-state index contributed by atoms with van der Waals surface area (Å²) in [6.07, 6.45) is 1.31. The Labute approximate surface area is 122 Å². The first-order valence-corrected chi connectivity index (χ1v) is 6.87. The van der Waals surface area contributed by atoms with Crippen LogP contribution in [0.4, 0.5) is 0 Å². The summed E-state index contributed by atoms with van der Waals surface area (Å²) in [4.78, 5) is 37.0. The molecule has 0 aromatic carbocycles. The van der Waals surface area contributed by atoms with Crippen molar-refractivity contribution in [3.63, 3.8) is 0 Å². The monoisotopic (exact) mass is 293 g/mol. The number of nitrogens with zero attached hydrogens (tertiary/aromatic N) is 2. The average Bonchev–Trinajstić information content (AvgIpc) is 2.86. The van der Waals surface area contributed by atoms with Crippen molar-refractivity contribution in [1.29, 1.82) is 0 Å². The fourth-order valence-corrected chi connectivity index (χ4v) is 2.24. The quantitative estimate of drug-likeness (QED) is 0.811. The third-order valence-corrected chi connectivity index (χ3v) is 3.09. The molecule has 2 heterocycles. The van der Waals surface area contributed by atoms with E-state index >= 15 is 0 Å². The molecular weight excluding hydrogens is 274 g/mol. The summed E-state index contributed by atoms with van der Waals surface area (Å²) in [6, 6.07) is 2.00. The van der Waals surface area contributed by atoms with Crippen molar-refractivity contribution in [3.05, 3.63) is 28.2 Å². The van der Waals surface area contributed by atoms with E-state index in [-0.39, 0.29) is 17.2 Å². The van der Waals surface area contributed by atoms with E-state index in [4.69, 9.17) is 4.74 Å². The van der Waals surface area contributed by atoms with E-state index in [1.54, 1.807) is 20.8 Å². The van der Waals surface area contributed by atoms with Crippen LogP contribution >= 0.6 is 0 Å². The Morgan fingerprint density at radius 3 is 2.67 bits per heavy atom. The second-order valence-corrected chi connectivity index (χ2v) is 6.00. The molecule has 21 heavy (non-hydrogen) atoms. The number of carbonyl (C=O) groups is 2. The highest BCUT2D eigenvalue weighted by molar-refractivity contribution is 5.95. The number of H-pyrrole nitrogens is 1. The van der Waals surface area contributed by atoms with Crippen molar-refractivity contribution in [2.75, 3.05) is 6.54 Å². The van der Waals surface area contributed by atoms with Crippen molar-refractivity contribution in [2.24, 2.45) is 0 Å². The summed E-state index contributed by atoms with van der Waals surface area (Å²) in [7, 11) is 0. The summed E-state index contributed by atoms with van der Waals surface area (Å²) in [6.45, 7) is 5.84. The van der Waals surface area contributed by atoms with Gasteiger partial charge in [-0.2, -0.15) is 5.10 Å². The maximum atomic E-state index is 12.4. The molecule has 0 bridgehead atoms. The summed E-state index contributed by atoms with van der Waals surface area (Å²) >= 11 is 0. The van der Waals surface area contributed by atoms with Crippen LogP contribution < -0.4 is 5.56 Å². The maximum absolute atomic E-state index is 12.4.